The van der Waals surface area contributed by atoms with Gasteiger partial charge in [0, 0.05) is 66.1 Å². The standard InChI is InChI=1S/C55H30N4O2/c1-2-11-31(12-3-1)53-56-54(58-55(57-53)34-21-24-39-38-16-8-9-20-46(38)60-48(39)29-34)33-22-26-47-43(27-33)40-25-23-35(30-49(40)61-47)59-44-19-10-18-42-37-15-6-7-17-41(37)50-36-14-5-4-13-32(36)28-45(59)52(50)51(42)44/h1-30H. The van der Waals surface area contributed by atoms with Crippen molar-refractivity contribution in [2.45, 2.75) is 0 Å². The van der Waals surface area contributed by atoms with Gasteiger partial charge in [-0.05, 0) is 87.6 Å². The van der Waals surface area contributed by atoms with Gasteiger partial charge >= 0.3 is 0 Å². The van der Waals surface area contributed by atoms with Gasteiger partial charge in [-0.3, -0.25) is 0 Å². The molecular weight excluding hydrogens is 749 g/mol. The van der Waals surface area contributed by atoms with Crippen LogP contribution in [-0.2, 0) is 0 Å². The molecule has 6 nitrogen and oxygen atoms in total. The van der Waals surface area contributed by atoms with Crippen molar-refractivity contribution in [2.24, 2.45) is 0 Å². The molecule has 61 heavy (non-hydrogen) atoms. The Morgan fingerprint density at radius 2 is 0.902 bits per heavy atom. The van der Waals surface area contributed by atoms with E-state index >= 15 is 0 Å². The van der Waals surface area contributed by atoms with E-state index in [1.165, 1.54) is 54.1 Å². The van der Waals surface area contributed by atoms with Crippen LogP contribution in [0.4, 0.5) is 0 Å². The van der Waals surface area contributed by atoms with Crippen molar-refractivity contribution < 1.29 is 8.83 Å². The topological polar surface area (TPSA) is 69.9 Å². The first-order chi connectivity index (χ1) is 30.2. The fourth-order valence-electron chi connectivity index (χ4n) is 9.86. The molecule has 0 saturated carbocycles. The number of hydrogen-bond donors (Lipinski definition) is 0. The minimum Gasteiger partial charge on any atom is -0.456 e. The summed E-state index contributed by atoms with van der Waals surface area (Å²) in [5.74, 6) is 1.76. The van der Waals surface area contributed by atoms with E-state index in [2.05, 4.69) is 120 Å². The summed E-state index contributed by atoms with van der Waals surface area (Å²) in [6, 6.07) is 63.8. The predicted molar refractivity (Wildman–Crippen MR) is 249 cm³/mol. The van der Waals surface area contributed by atoms with Crippen molar-refractivity contribution in [3.63, 3.8) is 0 Å². The van der Waals surface area contributed by atoms with Crippen LogP contribution in [0.25, 0.3) is 138 Å². The Kier molecular flexibility index (Phi) is 6.46. The maximum Gasteiger partial charge on any atom is 0.164 e. The van der Waals surface area contributed by atoms with E-state index in [-0.39, 0.29) is 0 Å². The van der Waals surface area contributed by atoms with Gasteiger partial charge in [-0.15, -0.1) is 0 Å². The summed E-state index contributed by atoms with van der Waals surface area (Å²) in [6.07, 6.45) is 0. The van der Waals surface area contributed by atoms with Gasteiger partial charge < -0.3 is 13.4 Å². The summed E-state index contributed by atoms with van der Waals surface area (Å²) in [4.78, 5) is 15.1. The molecule has 0 N–H and O–H groups in total. The van der Waals surface area contributed by atoms with E-state index in [1.54, 1.807) is 0 Å². The molecule has 0 aliphatic rings. The zero-order valence-electron chi connectivity index (χ0n) is 32.4. The number of para-hydroxylation sites is 1. The Hall–Kier alpha value is -8.35. The second-order valence-electron chi connectivity index (χ2n) is 15.9. The Morgan fingerprint density at radius 3 is 1.75 bits per heavy atom. The van der Waals surface area contributed by atoms with Crippen LogP contribution in [0.1, 0.15) is 0 Å². The molecule has 4 heterocycles. The molecule has 14 aromatic rings. The fraction of sp³-hybridized carbons (Fsp3) is 0. The summed E-state index contributed by atoms with van der Waals surface area (Å²) in [6.45, 7) is 0. The van der Waals surface area contributed by atoms with Crippen molar-refractivity contribution in [1.82, 2.24) is 19.5 Å². The fourth-order valence-corrected chi connectivity index (χ4v) is 9.86. The molecule has 0 aliphatic carbocycles. The molecule has 14 rings (SSSR count). The monoisotopic (exact) mass is 778 g/mol. The molecule has 0 fully saturated rings. The lowest BCUT2D eigenvalue weighted by molar-refractivity contribution is 0.668. The first-order valence-electron chi connectivity index (χ1n) is 20.5. The third-order valence-corrected chi connectivity index (χ3v) is 12.6. The number of furan rings is 2. The SMILES string of the molecule is c1ccc(-c2nc(-c3ccc4c(c3)oc3ccccc34)nc(-c3ccc4oc5cc(-n6c7cccc8c9ccccc9c9c%10ccccc%10cc6c9c87)ccc5c4c3)n2)cc1. The van der Waals surface area contributed by atoms with Crippen molar-refractivity contribution in [1.29, 1.82) is 0 Å². The Labute approximate surface area is 346 Å². The zero-order valence-corrected chi connectivity index (χ0v) is 32.4. The van der Waals surface area contributed by atoms with Crippen molar-refractivity contribution >= 4 is 98.0 Å². The van der Waals surface area contributed by atoms with E-state index in [9.17, 15) is 0 Å². The van der Waals surface area contributed by atoms with Gasteiger partial charge in [-0.2, -0.15) is 0 Å². The van der Waals surface area contributed by atoms with Crippen LogP contribution in [0.15, 0.2) is 191 Å². The van der Waals surface area contributed by atoms with Gasteiger partial charge in [0.15, 0.2) is 17.5 Å². The molecule has 4 aromatic heterocycles. The highest BCUT2D eigenvalue weighted by atomic mass is 16.3. The highest BCUT2D eigenvalue weighted by Crippen LogP contribution is 2.47. The first kappa shape index (κ1) is 32.6. The maximum atomic E-state index is 6.66. The van der Waals surface area contributed by atoms with Crippen LogP contribution in [0, 0.1) is 0 Å². The summed E-state index contributed by atoms with van der Waals surface area (Å²) in [5.41, 5.74) is 9.31. The smallest absolute Gasteiger partial charge is 0.164 e. The van der Waals surface area contributed by atoms with E-state index in [0.29, 0.717) is 17.5 Å². The van der Waals surface area contributed by atoms with Crippen LogP contribution in [0.5, 0.6) is 0 Å². The molecule has 10 aromatic carbocycles. The summed E-state index contributed by atoms with van der Waals surface area (Å²) in [5, 5.41) is 14.4. The van der Waals surface area contributed by atoms with Gasteiger partial charge in [0.05, 0.1) is 11.0 Å². The molecule has 0 spiro atoms. The summed E-state index contributed by atoms with van der Waals surface area (Å²) in [7, 11) is 0. The molecule has 0 aliphatic heterocycles. The van der Waals surface area contributed by atoms with E-state index < -0.39 is 0 Å². The van der Waals surface area contributed by atoms with Crippen molar-refractivity contribution in [3.8, 4) is 39.9 Å². The maximum absolute atomic E-state index is 6.66. The second-order valence-corrected chi connectivity index (χ2v) is 15.9. The Balaban J connectivity index is 0.944. The number of fused-ring (bicyclic) bond motifs is 11. The number of rotatable bonds is 4. The van der Waals surface area contributed by atoms with Crippen LogP contribution >= 0.6 is 0 Å². The molecule has 0 bridgehead atoms. The van der Waals surface area contributed by atoms with Gasteiger partial charge in [0.1, 0.15) is 22.3 Å². The van der Waals surface area contributed by atoms with Crippen LogP contribution < -0.4 is 0 Å². The molecule has 0 atom stereocenters. The molecule has 0 saturated heterocycles. The largest absolute Gasteiger partial charge is 0.456 e. The Morgan fingerprint density at radius 1 is 0.311 bits per heavy atom. The third-order valence-electron chi connectivity index (χ3n) is 12.6. The second kappa shape index (κ2) is 12.1. The lowest BCUT2D eigenvalue weighted by atomic mass is 9.91. The van der Waals surface area contributed by atoms with Crippen LogP contribution in [0.3, 0.4) is 0 Å². The average molecular weight is 779 g/mol. The minimum atomic E-state index is 0.574. The molecule has 0 amide bonds. The van der Waals surface area contributed by atoms with Gasteiger partial charge in [0.25, 0.3) is 0 Å². The lowest BCUT2D eigenvalue weighted by Gasteiger charge is -2.11. The minimum absolute atomic E-state index is 0.574. The molecule has 0 unspecified atom stereocenters. The average Bonchev–Trinajstić information content (AvgIpc) is 3.99. The molecule has 282 valence electrons. The van der Waals surface area contributed by atoms with Gasteiger partial charge in [0.2, 0.25) is 0 Å². The van der Waals surface area contributed by atoms with E-state index in [0.717, 1.165) is 66.3 Å². The first-order valence-corrected chi connectivity index (χ1v) is 20.5. The number of benzene rings is 10. The summed E-state index contributed by atoms with van der Waals surface area (Å²) >= 11 is 0. The number of hydrogen-bond acceptors (Lipinski definition) is 5. The summed E-state index contributed by atoms with van der Waals surface area (Å²) < 4.78 is 15.3. The quantitative estimate of drug-likeness (QED) is 0.166. The number of nitrogens with zero attached hydrogens (tertiary/aromatic N) is 4. The van der Waals surface area contributed by atoms with Gasteiger partial charge in [-0.25, -0.2) is 15.0 Å². The normalized spacial score (nSPS) is 12.3. The predicted octanol–water partition coefficient (Wildman–Crippen LogP) is 14.7. The van der Waals surface area contributed by atoms with E-state index in [1.807, 2.05) is 66.7 Å². The third kappa shape index (κ3) is 4.64. The number of aromatic nitrogens is 4. The highest BCUT2D eigenvalue weighted by Gasteiger charge is 2.23. The van der Waals surface area contributed by atoms with Crippen LogP contribution in [-0.4, -0.2) is 19.5 Å². The lowest BCUT2D eigenvalue weighted by Crippen LogP contribution is -2.00. The zero-order chi connectivity index (χ0) is 39.8. The van der Waals surface area contributed by atoms with Crippen molar-refractivity contribution in [2.75, 3.05) is 0 Å². The Bertz CT molecular complexity index is 4110. The highest BCUT2D eigenvalue weighted by molar-refractivity contribution is 6.39. The van der Waals surface area contributed by atoms with E-state index in [4.69, 9.17) is 23.8 Å². The van der Waals surface area contributed by atoms with Gasteiger partial charge in [-0.1, -0.05) is 115 Å². The molecule has 0 radical (unpaired) electrons. The molecule has 6 heteroatoms. The van der Waals surface area contributed by atoms with Crippen molar-refractivity contribution in [3.05, 3.63) is 182 Å². The van der Waals surface area contributed by atoms with Crippen LogP contribution in [0.2, 0.25) is 0 Å². The molecular formula is C55H30N4O2.